The van der Waals surface area contributed by atoms with Crippen LogP contribution in [0.2, 0.25) is 0 Å². The summed E-state index contributed by atoms with van der Waals surface area (Å²) < 4.78 is 4.96. The molecule has 2 rings (SSSR count). The zero-order valence-corrected chi connectivity index (χ0v) is 14.5. The molecule has 1 amide bonds. The van der Waals surface area contributed by atoms with Crippen molar-refractivity contribution < 1.29 is 9.53 Å². The van der Waals surface area contributed by atoms with E-state index in [0.717, 1.165) is 23.5 Å². The Morgan fingerprint density at radius 3 is 2.38 bits per heavy atom. The molecule has 24 heavy (non-hydrogen) atoms. The van der Waals surface area contributed by atoms with Gasteiger partial charge in [0.15, 0.2) is 5.11 Å². The number of carbonyl (C=O) groups excluding carboxylic acids is 1. The second-order valence-electron chi connectivity index (χ2n) is 5.21. The molecule has 0 aliphatic rings. The minimum absolute atomic E-state index is 0.389. The maximum atomic E-state index is 10.8. The molecule has 6 heteroatoms. The lowest BCUT2D eigenvalue weighted by molar-refractivity contribution is 0.116. The largest absolute Gasteiger partial charge is 0.442 e. The molecule has 0 spiro atoms. The maximum Gasteiger partial charge on any atom is 0.405 e. The first kappa shape index (κ1) is 17.7. The molecule has 2 aromatic rings. The predicted octanol–water partition coefficient (Wildman–Crippen LogP) is 4.07. The van der Waals surface area contributed by atoms with E-state index in [2.05, 4.69) is 5.32 Å². The average Bonchev–Trinajstić information content (AvgIpc) is 2.56. The van der Waals surface area contributed by atoms with E-state index in [9.17, 15) is 4.79 Å². The number of carbonyl (C=O) groups is 1. The highest BCUT2D eigenvalue weighted by Crippen LogP contribution is 2.20. The molecular weight excluding hydrogens is 322 g/mol. The fourth-order valence-electron chi connectivity index (χ4n) is 2.32. The first-order chi connectivity index (χ1) is 11.5. The van der Waals surface area contributed by atoms with Crippen LogP contribution in [0.1, 0.15) is 25.5 Å². The Hall–Kier alpha value is -2.60. The highest BCUT2D eigenvalue weighted by atomic mass is 32.1. The van der Waals surface area contributed by atoms with E-state index in [-0.39, 0.29) is 6.10 Å². The monoisotopic (exact) mass is 343 g/mol. The predicted molar refractivity (Wildman–Crippen MR) is 101 cm³/mol. The van der Waals surface area contributed by atoms with Crippen molar-refractivity contribution in [1.82, 2.24) is 0 Å². The molecule has 126 valence electrons. The summed E-state index contributed by atoms with van der Waals surface area (Å²) >= 11 is 5.51. The minimum Gasteiger partial charge on any atom is -0.442 e. The van der Waals surface area contributed by atoms with E-state index in [1.54, 1.807) is 6.92 Å². The van der Waals surface area contributed by atoms with E-state index >= 15 is 0 Å². The molecule has 0 saturated heterocycles. The van der Waals surface area contributed by atoms with Gasteiger partial charge < -0.3 is 20.7 Å². The van der Waals surface area contributed by atoms with Gasteiger partial charge in [-0.2, -0.15) is 0 Å². The van der Waals surface area contributed by atoms with Gasteiger partial charge in [0.1, 0.15) is 6.10 Å². The highest BCUT2D eigenvalue weighted by Gasteiger charge is 2.11. The summed E-state index contributed by atoms with van der Waals surface area (Å²) in [5, 5.41) is 3.85. The Labute approximate surface area is 147 Å². The molecule has 0 aliphatic heterocycles. The van der Waals surface area contributed by atoms with Crippen LogP contribution >= 0.6 is 12.2 Å². The zero-order valence-electron chi connectivity index (χ0n) is 13.7. The van der Waals surface area contributed by atoms with Crippen LogP contribution in [-0.4, -0.2) is 17.8 Å². The van der Waals surface area contributed by atoms with Gasteiger partial charge in [-0.3, -0.25) is 0 Å². The summed E-state index contributed by atoms with van der Waals surface area (Å²) in [7, 11) is 0. The summed E-state index contributed by atoms with van der Waals surface area (Å²) in [5.74, 6) is 0. The van der Waals surface area contributed by atoms with Gasteiger partial charge in [0.25, 0.3) is 0 Å². The number of benzene rings is 2. The summed E-state index contributed by atoms with van der Waals surface area (Å²) in [6.45, 7) is 4.58. The number of nitrogens with one attached hydrogen (secondary N) is 1. The zero-order chi connectivity index (χ0) is 17.5. The molecule has 0 fully saturated rings. The molecule has 0 heterocycles. The molecule has 1 unspecified atom stereocenters. The summed E-state index contributed by atoms with van der Waals surface area (Å²) in [5.41, 5.74) is 7.80. The number of nitrogens with zero attached hydrogens (tertiary/aromatic N) is 1. The highest BCUT2D eigenvalue weighted by molar-refractivity contribution is 7.80. The van der Waals surface area contributed by atoms with Gasteiger partial charge in [-0.1, -0.05) is 30.3 Å². The maximum absolute atomic E-state index is 10.8. The smallest absolute Gasteiger partial charge is 0.405 e. The molecular formula is C18H21N3O2S. The lowest BCUT2D eigenvalue weighted by Gasteiger charge is -2.24. The number of anilines is 2. The Morgan fingerprint density at radius 2 is 1.83 bits per heavy atom. The van der Waals surface area contributed by atoms with Gasteiger partial charge in [-0.15, -0.1) is 0 Å². The van der Waals surface area contributed by atoms with E-state index in [1.807, 2.05) is 66.4 Å². The van der Waals surface area contributed by atoms with Crippen LogP contribution in [0.5, 0.6) is 0 Å². The van der Waals surface area contributed by atoms with Crippen LogP contribution < -0.4 is 16.0 Å². The van der Waals surface area contributed by atoms with Crippen molar-refractivity contribution in [3.8, 4) is 0 Å². The molecule has 0 saturated carbocycles. The normalized spacial score (nSPS) is 11.4. The number of hydrogen-bond donors (Lipinski definition) is 2. The number of ether oxygens (including phenoxy) is 1. The Bertz CT molecular complexity index is 689. The van der Waals surface area contributed by atoms with Crippen LogP contribution in [0.3, 0.4) is 0 Å². The first-order valence-corrected chi connectivity index (χ1v) is 8.11. The van der Waals surface area contributed by atoms with Crippen molar-refractivity contribution in [3.63, 3.8) is 0 Å². The molecule has 5 nitrogen and oxygen atoms in total. The SMILES string of the molecule is CCN(C(=S)Nc1ccc(C(C)OC(N)=O)cc1)c1ccccc1. The van der Waals surface area contributed by atoms with Crippen molar-refractivity contribution in [2.24, 2.45) is 5.73 Å². The fourth-order valence-corrected chi connectivity index (χ4v) is 2.67. The van der Waals surface area contributed by atoms with Gasteiger partial charge in [0.05, 0.1) is 0 Å². The molecule has 0 bridgehead atoms. The van der Waals surface area contributed by atoms with Crippen molar-refractivity contribution in [1.29, 1.82) is 0 Å². The van der Waals surface area contributed by atoms with Gasteiger partial charge in [0.2, 0.25) is 0 Å². The van der Waals surface area contributed by atoms with E-state index in [4.69, 9.17) is 22.7 Å². The van der Waals surface area contributed by atoms with Crippen molar-refractivity contribution >= 4 is 34.8 Å². The van der Waals surface area contributed by atoms with Crippen LogP contribution in [0.15, 0.2) is 54.6 Å². The second-order valence-corrected chi connectivity index (χ2v) is 5.60. The van der Waals surface area contributed by atoms with Crippen LogP contribution in [-0.2, 0) is 4.74 Å². The third-order valence-electron chi connectivity index (χ3n) is 3.55. The summed E-state index contributed by atoms with van der Waals surface area (Å²) in [4.78, 5) is 12.8. The van der Waals surface area contributed by atoms with Gasteiger partial charge in [-0.25, -0.2) is 4.79 Å². The van der Waals surface area contributed by atoms with Crippen molar-refractivity contribution in [2.75, 3.05) is 16.8 Å². The van der Waals surface area contributed by atoms with Crippen molar-refractivity contribution in [2.45, 2.75) is 20.0 Å². The number of nitrogens with two attached hydrogens (primary N) is 1. The average molecular weight is 343 g/mol. The quantitative estimate of drug-likeness (QED) is 0.801. The second kappa shape index (κ2) is 8.31. The minimum atomic E-state index is -0.785. The van der Waals surface area contributed by atoms with E-state index in [0.29, 0.717) is 5.11 Å². The lowest BCUT2D eigenvalue weighted by Crippen LogP contribution is -2.34. The van der Waals surface area contributed by atoms with Crippen LogP contribution in [0, 0.1) is 0 Å². The first-order valence-electron chi connectivity index (χ1n) is 7.71. The molecule has 1 atom stereocenters. The topological polar surface area (TPSA) is 67.6 Å². The molecule has 0 aromatic heterocycles. The third kappa shape index (κ3) is 4.70. The van der Waals surface area contributed by atoms with Crippen molar-refractivity contribution in [3.05, 3.63) is 60.2 Å². The van der Waals surface area contributed by atoms with E-state index < -0.39 is 6.09 Å². The van der Waals surface area contributed by atoms with Gasteiger partial charge in [-0.05, 0) is 55.9 Å². The standard InChI is InChI=1S/C18H21N3O2S/c1-3-21(16-7-5-4-6-8-16)18(24)20-15-11-9-14(10-12-15)13(2)23-17(19)22/h4-13H,3H2,1-2H3,(H2,19,22)(H,20,24). The number of rotatable bonds is 5. The number of amides is 1. The summed E-state index contributed by atoms with van der Waals surface area (Å²) in [6, 6.07) is 17.5. The fraction of sp³-hybridized carbons (Fsp3) is 0.222. The lowest BCUT2D eigenvalue weighted by atomic mass is 10.1. The molecule has 0 aliphatic carbocycles. The Morgan fingerprint density at radius 1 is 1.21 bits per heavy atom. The molecule has 3 N–H and O–H groups in total. The van der Waals surface area contributed by atoms with E-state index in [1.165, 1.54) is 0 Å². The van der Waals surface area contributed by atoms with Gasteiger partial charge in [0, 0.05) is 17.9 Å². The van der Waals surface area contributed by atoms with Crippen LogP contribution in [0.4, 0.5) is 16.2 Å². The number of para-hydroxylation sites is 1. The Balaban J connectivity index is 2.05. The van der Waals surface area contributed by atoms with Crippen LogP contribution in [0.25, 0.3) is 0 Å². The Kier molecular flexibility index (Phi) is 6.14. The molecule has 2 aromatic carbocycles. The summed E-state index contributed by atoms with van der Waals surface area (Å²) in [6.07, 6.45) is -1.17. The number of thiocarbonyl (C=S) groups is 1. The molecule has 0 radical (unpaired) electrons. The third-order valence-corrected chi connectivity index (χ3v) is 3.88. The number of primary amides is 1. The van der Waals surface area contributed by atoms with Gasteiger partial charge >= 0.3 is 6.09 Å². The number of hydrogen-bond acceptors (Lipinski definition) is 3.